The van der Waals surface area contributed by atoms with Crippen molar-refractivity contribution in [3.8, 4) is 0 Å². The summed E-state index contributed by atoms with van der Waals surface area (Å²) in [6.07, 6.45) is 2.57. The third-order valence-corrected chi connectivity index (χ3v) is 3.61. The Labute approximate surface area is 145 Å². The van der Waals surface area contributed by atoms with Gasteiger partial charge in [-0.05, 0) is 12.1 Å². The number of non-ortho nitro benzene ring substituents is 1. The summed E-state index contributed by atoms with van der Waals surface area (Å²) in [6.45, 7) is -0.205. The number of aromatic nitrogens is 4. The van der Waals surface area contributed by atoms with Gasteiger partial charge in [0.05, 0.1) is 24.3 Å². The van der Waals surface area contributed by atoms with E-state index in [2.05, 4.69) is 15.4 Å². The van der Waals surface area contributed by atoms with Crippen LogP contribution in [0, 0.1) is 10.1 Å². The first-order valence-corrected chi connectivity index (χ1v) is 7.55. The minimum absolute atomic E-state index is 0.0891. The van der Waals surface area contributed by atoms with E-state index in [1.54, 1.807) is 0 Å². The molecule has 0 aliphatic carbocycles. The van der Waals surface area contributed by atoms with Gasteiger partial charge in [-0.3, -0.25) is 24.3 Å². The van der Waals surface area contributed by atoms with Crippen LogP contribution in [0.25, 0.3) is 11.0 Å². The Morgan fingerprint density at radius 2 is 2.04 bits per heavy atom. The Morgan fingerprint density at radius 1 is 1.31 bits per heavy atom. The molecule has 0 unspecified atom stereocenters. The van der Waals surface area contributed by atoms with Crippen LogP contribution in [-0.2, 0) is 17.9 Å². The molecule has 0 saturated carbocycles. The fourth-order valence-corrected chi connectivity index (χ4v) is 2.39. The van der Waals surface area contributed by atoms with Gasteiger partial charge in [0.25, 0.3) is 11.2 Å². The molecule has 1 aromatic carbocycles. The molecule has 0 radical (unpaired) electrons. The topological polar surface area (TPSA) is 145 Å². The van der Waals surface area contributed by atoms with Crippen molar-refractivity contribution in [3.05, 3.63) is 57.3 Å². The number of nitro benzene ring substituents is 1. The molecule has 1 amide bonds. The number of hydrogen-bond donors (Lipinski definition) is 2. The van der Waals surface area contributed by atoms with E-state index in [1.807, 2.05) is 0 Å². The highest BCUT2D eigenvalue weighted by Gasteiger charge is 2.12. The molecule has 2 aromatic heterocycles. The van der Waals surface area contributed by atoms with Gasteiger partial charge in [-0.15, -0.1) is 0 Å². The lowest BCUT2D eigenvalue weighted by Crippen LogP contribution is -2.27. The molecule has 0 aliphatic rings. The number of aliphatic hydroxyl groups is 1. The first-order valence-electron chi connectivity index (χ1n) is 7.55. The number of aliphatic hydroxyl groups excluding tert-OH is 1. The normalized spacial score (nSPS) is 10.8. The lowest BCUT2D eigenvalue weighted by Gasteiger charge is -2.07. The van der Waals surface area contributed by atoms with Crippen molar-refractivity contribution < 1.29 is 14.8 Å². The number of hydrogen-bond acceptors (Lipinski definition) is 7. The maximum atomic E-state index is 12.4. The molecule has 3 aromatic rings. The predicted molar refractivity (Wildman–Crippen MR) is 90.6 cm³/mol. The number of amides is 1. The smallest absolute Gasteiger partial charge is 0.269 e. The van der Waals surface area contributed by atoms with Crippen LogP contribution in [-0.4, -0.2) is 41.9 Å². The van der Waals surface area contributed by atoms with E-state index in [0.717, 1.165) is 4.57 Å². The summed E-state index contributed by atoms with van der Waals surface area (Å²) in [4.78, 5) is 38.7. The van der Waals surface area contributed by atoms with E-state index in [0.29, 0.717) is 11.3 Å². The van der Waals surface area contributed by atoms with Crippen molar-refractivity contribution in [2.45, 2.75) is 13.1 Å². The number of fused-ring (bicyclic) bond motifs is 1. The number of nitrogens with one attached hydrogen (secondary N) is 1. The van der Waals surface area contributed by atoms with Crippen LogP contribution in [0.4, 0.5) is 11.4 Å². The average Bonchev–Trinajstić information content (AvgIpc) is 3.02. The summed E-state index contributed by atoms with van der Waals surface area (Å²) in [5, 5.41) is 26.4. The number of carbonyl (C=O) groups is 1. The van der Waals surface area contributed by atoms with E-state index in [9.17, 15) is 19.7 Å². The molecule has 2 heterocycles. The van der Waals surface area contributed by atoms with Gasteiger partial charge in [0, 0.05) is 17.8 Å². The number of anilines is 1. The van der Waals surface area contributed by atoms with Gasteiger partial charge in [0.2, 0.25) is 5.91 Å². The van der Waals surface area contributed by atoms with Crippen molar-refractivity contribution in [3.63, 3.8) is 0 Å². The molecule has 0 fully saturated rings. The van der Waals surface area contributed by atoms with Crippen LogP contribution in [0.2, 0.25) is 0 Å². The summed E-state index contributed by atoms with van der Waals surface area (Å²) in [5.74, 6) is -0.482. The van der Waals surface area contributed by atoms with E-state index in [-0.39, 0.29) is 30.8 Å². The first kappa shape index (κ1) is 17.2. The zero-order chi connectivity index (χ0) is 18.7. The number of carbonyl (C=O) groups excluding carboxylic acids is 1. The minimum atomic E-state index is -0.539. The zero-order valence-corrected chi connectivity index (χ0v) is 13.4. The van der Waals surface area contributed by atoms with E-state index in [4.69, 9.17) is 5.11 Å². The van der Waals surface area contributed by atoms with Crippen LogP contribution < -0.4 is 10.9 Å². The summed E-state index contributed by atoms with van der Waals surface area (Å²) in [6, 6.07) is 5.34. The van der Waals surface area contributed by atoms with Crippen LogP contribution in [0.3, 0.4) is 0 Å². The highest BCUT2D eigenvalue weighted by molar-refractivity contribution is 5.90. The Kier molecular flexibility index (Phi) is 4.71. The van der Waals surface area contributed by atoms with Crippen molar-refractivity contribution in [1.29, 1.82) is 0 Å². The SMILES string of the molecule is O=C(Cn1cnc2c(cnn2CCO)c1=O)Nc1ccc([N+](=O)[O-])cc1. The highest BCUT2D eigenvalue weighted by Crippen LogP contribution is 2.15. The van der Waals surface area contributed by atoms with Gasteiger partial charge in [0.15, 0.2) is 5.65 Å². The second kappa shape index (κ2) is 7.11. The number of nitrogens with zero attached hydrogens (tertiary/aromatic N) is 5. The molecule has 0 saturated heterocycles. The van der Waals surface area contributed by atoms with Gasteiger partial charge in [-0.25, -0.2) is 9.67 Å². The molecular formula is C15H14N6O5. The zero-order valence-electron chi connectivity index (χ0n) is 13.4. The van der Waals surface area contributed by atoms with Gasteiger partial charge in [-0.1, -0.05) is 0 Å². The fraction of sp³-hybridized carbons (Fsp3) is 0.200. The Balaban J connectivity index is 1.75. The molecule has 0 spiro atoms. The number of rotatable bonds is 6. The summed E-state index contributed by atoms with van der Waals surface area (Å²) >= 11 is 0. The minimum Gasteiger partial charge on any atom is -0.394 e. The van der Waals surface area contributed by atoms with E-state index < -0.39 is 16.4 Å². The van der Waals surface area contributed by atoms with Gasteiger partial charge >= 0.3 is 0 Å². The molecule has 11 nitrogen and oxygen atoms in total. The molecule has 134 valence electrons. The summed E-state index contributed by atoms with van der Waals surface area (Å²) in [5.41, 5.74) is 0.182. The molecule has 26 heavy (non-hydrogen) atoms. The number of nitro groups is 1. The molecule has 0 bridgehead atoms. The first-order chi connectivity index (χ1) is 12.5. The van der Waals surface area contributed by atoms with Crippen molar-refractivity contribution in [2.24, 2.45) is 0 Å². The second-order valence-electron chi connectivity index (χ2n) is 5.36. The fourth-order valence-electron chi connectivity index (χ4n) is 2.39. The lowest BCUT2D eigenvalue weighted by atomic mass is 10.3. The van der Waals surface area contributed by atoms with Gasteiger partial charge in [0.1, 0.15) is 18.3 Å². The second-order valence-corrected chi connectivity index (χ2v) is 5.36. The van der Waals surface area contributed by atoms with Crippen LogP contribution in [0.1, 0.15) is 0 Å². The highest BCUT2D eigenvalue weighted by atomic mass is 16.6. The number of benzene rings is 1. The van der Waals surface area contributed by atoms with E-state index in [1.165, 1.54) is 41.5 Å². The maximum absolute atomic E-state index is 12.4. The van der Waals surface area contributed by atoms with Crippen molar-refractivity contribution >= 4 is 28.3 Å². The predicted octanol–water partition coefficient (Wildman–Crippen LogP) is 0.132. The van der Waals surface area contributed by atoms with Crippen LogP contribution >= 0.6 is 0 Å². The Hall–Kier alpha value is -3.60. The third kappa shape index (κ3) is 3.42. The Bertz CT molecular complexity index is 1020. The van der Waals surface area contributed by atoms with Crippen molar-refractivity contribution in [2.75, 3.05) is 11.9 Å². The molecule has 11 heteroatoms. The maximum Gasteiger partial charge on any atom is 0.269 e. The van der Waals surface area contributed by atoms with Gasteiger partial charge in [-0.2, -0.15) is 5.10 Å². The third-order valence-electron chi connectivity index (χ3n) is 3.61. The van der Waals surface area contributed by atoms with Crippen LogP contribution in [0.5, 0.6) is 0 Å². The lowest BCUT2D eigenvalue weighted by molar-refractivity contribution is -0.384. The van der Waals surface area contributed by atoms with E-state index >= 15 is 0 Å². The monoisotopic (exact) mass is 358 g/mol. The Morgan fingerprint density at radius 3 is 2.69 bits per heavy atom. The average molecular weight is 358 g/mol. The quantitative estimate of drug-likeness (QED) is 0.470. The molecule has 2 N–H and O–H groups in total. The largest absolute Gasteiger partial charge is 0.394 e. The van der Waals surface area contributed by atoms with Crippen molar-refractivity contribution in [1.82, 2.24) is 19.3 Å². The standard InChI is InChI=1S/C15H14N6O5/c22-6-5-20-14-12(7-17-20)15(24)19(9-16-14)8-13(23)18-10-1-3-11(4-2-10)21(25)26/h1-4,7,9,22H,5-6,8H2,(H,18,23). The van der Waals surface area contributed by atoms with Gasteiger partial charge < -0.3 is 10.4 Å². The molecule has 0 aliphatic heterocycles. The molecule has 3 rings (SSSR count). The molecule has 0 atom stereocenters. The summed E-state index contributed by atoms with van der Waals surface area (Å²) < 4.78 is 2.53. The van der Waals surface area contributed by atoms with Crippen LogP contribution in [0.15, 0.2) is 41.6 Å². The molecular weight excluding hydrogens is 344 g/mol. The summed E-state index contributed by atoms with van der Waals surface area (Å²) in [7, 11) is 0.